The number of furan rings is 1. The van der Waals surface area contributed by atoms with Crippen LogP contribution in [0.25, 0.3) is 55.1 Å². The number of fused-ring (bicyclic) bond motifs is 5. The van der Waals surface area contributed by atoms with Crippen LogP contribution >= 0.6 is 0 Å². The molecule has 0 N–H and O–H groups in total. The van der Waals surface area contributed by atoms with E-state index in [0.717, 1.165) is 74.5 Å². The van der Waals surface area contributed by atoms with E-state index in [4.69, 9.17) is 7.16 Å². The summed E-state index contributed by atoms with van der Waals surface area (Å²) in [5.41, 5.74) is 3.79. The quantitative estimate of drug-likeness (QED) is 0.209. The van der Waals surface area contributed by atoms with Crippen molar-refractivity contribution < 1.29 is 24.9 Å². The lowest BCUT2D eigenvalue weighted by atomic mass is 9.84. The fraction of sp³-hybridized carbons (Fsp3) is 0.206. The number of nitrogens with zero attached hydrogens (tertiary/aromatic N) is 1. The van der Waals surface area contributed by atoms with Gasteiger partial charge in [-0.25, -0.2) is 4.57 Å². The van der Waals surface area contributed by atoms with Crippen molar-refractivity contribution in [3.8, 4) is 22.4 Å². The molecule has 39 heavy (non-hydrogen) atoms. The number of rotatable bonds is 4. The number of alkyl halides is 3. The highest BCUT2D eigenvalue weighted by molar-refractivity contribution is 6.15. The molecule has 2 heterocycles. The first-order valence-electron chi connectivity index (χ1n) is 13.8. The second kappa shape index (κ2) is 8.98. The van der Waals surface area contributed by atoms with Gasteiger partial charge < -0.3 is 4.42 Å². The number of aryl methyl sites for hydroxylation is 2. The normalized spacial score (nSPS) is 13.7. The maximum atomic E-state index is 13.6. The second-order valence-electron chi connectivity index (χ2n) is 10.7. The summed E-state index contributed by atoms with van der Waals surface area (Å²) in [5, 5.41) is 4.31. The predicted molar refractivity (Wildman–Crippen MR) is 152 cm³/mol. The molecule has 4 aromatic carbocycles. The fourth-order valence-corrected chi connectivity index (χ4v) is 5.13. The zero-order valence-corrected chi connectivity index (χ0v) is 22.1. The summed E-state index contributed by atoms with van der Waals surface area (Å²) in [4.78, 5) is 0. The van der Waals surface area contributed by atoms with Crippen molar-refractivity contribution in [1.82, 2.24) is 0 Å². The Balaban J connectivity index is 1.42. The third-order valence-corrected chi connectivity index (χ3v) is 7.52. The Morgan fingerprint density at radius 1 is 0.821 bits per heavy atom. The summed E-state index contributed by atoms with van der Waals surface area (Å²) in [5.74, 6) is 0. The predicted octanol–water partition coefficient (Wildman–Crippen LogP) is 9.34. The van der Waals surface area contributed by atoms with Crippen LogP contribution in [0, 0.1) is 12.3 Å². The van der Waals surface area contributed by atoms with E-state index in [1.54, 1.807) is 12.1 Å². The lowest BCUT2D eigenvalue weighted by molar-refractivity contribution is -0.660. The highest BCUT2D eigenvalue weighted by Crippen LogP contribution is 2.41. The number of aromatic nitrogens is 1. The zero-order chi connectivity index (χ0) is 29.3. The van der Waals surface area contributed by atoms with Crippen molar-refractivity contribution in [1.29, 1.82) is 0 Å². The van der Waals surface area contributed by atoms with Crippen LogP contribution in [0.2, 0.25) is 0 Å². The molecular formula is C34H29F3NO+. The molecule has 0 unspecified atom stereocenters. The zero-order valence-electron chi connectivity index (χ0n) is 24.1. The Morgan fingerprint density at radius 3 is 2.31 bits per heavy atom. The summed E-state index contributed by atoms with van der Waals surface area (Å²) >= 11 is 0. The van der Waals surface area contributed by atoms with Crippen molar-refractivity contribution in [3.05, 3.63) is 102 Å². The molecule has 0 aliphatic rings. The van der Waals surface area contributed by atoms with Crippen molar-refractivity contribution in [2.24, 2.45) is 12.5 Å². The largest absolute Gasteiger partial charge is 0.455 e. The van der Waals surface area contributed by atoms with E-state index in [0.29, 0.717) is 0 Å². The Hall–Kier alpha value is -4.12. The van der Waals surface area contributed by atoms with Crippen LogP contribution in [0.4, 0.5) is 13.2 Å². The van der Waals surface area contributed by atoms with E-state index in [2.05, 4.69) is 43.3 Å². The SMILES string of the molecule is [2H]C([2H])(c1ccc(-c2cc[n+](C)c(-c3cc4oc5c6ccccc6ccc5c4cc3C)c2)cc1)C(C)(C)C(F)(F)F. The van der Waals surface area contributed by atoms with Gasteiger partial charge in [0.05, 0.1) is 11.0 Å². The third-order valence-electron chi connectivity index (χ3n) is 7.52. The minimum atomic E-state index is -4.69. The van der Waals surface area contributed by atoms with Gasteiger partial charge >= 0.3 is 6.18 Å². The molecule has 0 spiro atoms. The summed E-state index contributed by atoms with van der Waals surface area (Å²) in [6.45, 7) is 3.86. The summed E-state index contributed by atoms with van der Waals surface area (Å²) in [6.07, 6.45) is -5.34. The molecule has 196 valence electrons. The van der Waals surface area contributed by atoms with Crippen molar-refractivity contribution in [2.75, 3.05) is 0 Å². The van der Waals surface area contributed by atoms with Crippen LogP contribution in [-0.4, -0.2) is 6.18 Å². The number of pyridine rings is 1. The highest BCUT2D eigenvalue weighted by atomic mass is 19.4. The van der Waals surface area contributed by atoms with Gasteiger partial charge in [-0.15, -0.1) is 0 Å². The fourth-order valence-electron chi connectivity index (χ4n) is 5.13. The van der Waals surface area contributed by atoms with Crippen LogP contribution in [-0.2, 0) is 13.4 Å². The molecule has 0 radical (unpaired) electrons. The van der Waals surface area contributed by atoms with Crippen molar-refractivity contribution in [3.63, 3.8) is 0 Å². The van der Waals surface area contributed by atoms with Gasteiger partial charge in [0, 0.05) is 31.0 Å². The molecule has 2 aromatic heterocycles. The second-order valence-corrected chi connectivity index (χ2v) is 10.7. The summed E-state index contributed by atoms with van der Waals surface area (Å²) in [6, 6.07) is 26.8. The number of hydrogen-bond acceptors (Lipinski definition) is 1. The maximum absolute atomic E-state index is 13.6. The smallest absolute Gasteiger partial charge is 0.394 e. The molecule has 0 fully saturated rings. The van der Waals surface area contributed by atoms with Gasteiger partial charge in [0.1, 0.15) is 18.2 Å². The van der Waals surface area contributed by atoms with Crippen LogP contribution < -0.4 is 4.57 Å². The third kappa shape index (κ3) is 4.36. The van der Waals surface area contributed by atoms with E-state index in [-0.39, 0.29) is 5.56 Å². The Kier molecular flexibility index (Phi) is 5.25. The van der Waals surface area contributed by atoms with Gasteiger partial charge in [-0.1, -0.05) is 68.4 Å². The minimum Gasteiger partial charge on any atom is -0.455 e. The summed E-state index contributed by atoms with van der Waals surface area (Å²) in [7, 11) is 1.96. The monoisotopic (exact) mass is 526 g/mol. The van der Waals surface area contributed by atoms with Gasteiger partial charge in [0.2, 0.25) is 5.69 Å². The number of hydrogen-bond donors (Lipinski definition) is 0. The minimum absolute atomic E-state index is 0.0102. The van der Waals surface area contributed by atoms with E-state index >= 15 is 0 Å². The average molecular weight is 527 g/mol. The van der Waals surface area contributed by atoms with E-state index in [1.807, 2.05) is 42.1 Å². The molecule has 6 rings (SSSR count). The lowest BCUT2D eigenvalue weighted by Gasteiger charge is -2.27. The van der Waals surface area contributed by atoms with Gasteiger partial charge in [-0.2, -0.15) is 13.2 Å². The van der Waals surface area contributed by atoms with E-state index in [9.17, 15) is 13.2 Å². The van der Waals surface area contributed by atoms with Crippen LogP contribution in [0.3, 0.4) is 0 Å². The van der Waals surface area contributed by atoms with E-state index < -0.39 is 18.0 Å². The molecule has 0 bridgehead atoms. The first-order chi connectivity index (χ1) is 19.3. The van der Waals surface area contributed by atoms with Crippen molar-refractivity contribution >= 4 is 32.7 Å². The Morgan fingerprint density at radius 2 is 1.56 bits per heavy atom. The average Bonchev–Trinajstić information content (AvgIpc) is 3.30. The Bertz CT molecular complexity index is 1950. The highest BCUT2D eigenvalue weighted by Gasteiger charge is 2.46. The molecule has 0 amide bonds. The van der Waals surface area contributed by atoms with E-state index in [1.165, 1.54) is 12.1 Å². The topological polar surface area (TPSA) is 17.0 Å². The van der Waals surface area contributed by atoms with Gasteiger partial charge in [0.15, 0.2) is 6.20 Å². The number of halogens is 3. The summed E-state index contributed by atoms with van der Waals surface area (Å²) < 4.78 is 65.8. The molecule has 0 saturated carbocycles. The van der Waals surface area contributed by atoms with Gasteiger partial charge in [-0.3, -0.25) is 0 Å². The lowest BCUT2D eigenvalue weighted by Crippen LogP contribution is -2.34. The molecule has 0 aliphatic heterocycles. The first-order valence-corrected chi connectivity index (χ1v) is 12.8. The molecule has 0 aliphatic carbocycles. The molecule has 5 heteroatoms. The van der Waals surface area contributed by atoms with Crippen LogP contribution in [0.5, 0.6) is 0 Å². The molecular weight excluding hydrogens is 495 g/mol. The molecule has 2 nitrogen and oxygen atoms in total. The molecule has 0 saturated heterocycles. The van der Waals surface area contributed by atoms with Gasteiger partial charge in [-0.05, 0) is 59.1 Å². The van der Waals surface area contributed by atoms with Crippen LogP contribution in [0.15, 0.2) is 95.5 Å². The first kappa shape index (κ1) is 22.8. The number of benzene rings is 4. The molecule has 0 atom stereocenters. The van der Waals surface area contributed by atoms with Crippen molar-refractivity contribution in [2.45, 2.75) is 33.3 Å². The Labute approximate surface area is 228 Å². The molecule has 6 aromatic rings. The van der Waals surface area contributed by atoms with Crippen LogP contribution in [0.1, 0.15) is 27.7 Å². The standard InChI is InChI=1S/C34H29F3NO/c1-21-17-29-27-14-13-24-7-5-6-8-26(24)32(27)39-31(29)19-28(21)30-18-25(15-16-38(30)4)23-11-9-22(10-12-23)20-33(2,3)34(35,36)37/h5-19H,20H2,1-4H3/q+1/i20D2. The van der Waals surface area contributed by atoms with Gasteiger partial charge in [0.25, 0.3) is 0 Å². The maximum Gasteiger partial charge on any atom is 0.394 e.